The molecule has 0 bridgehead atoms. The second kappa shape index (κ2) is 14.0. The highest BCUT2D eigenvalue weighted by Crippen LogP contribution is 2.28. The Bertz CT molecular complexity index is 1140. The summed E-state index contributed by atoms with van der Waals surface area (Å²) in [4.78, 5) is 36.4. The molecule has 3 rings (SSSR count). The van der Waals surface area contributed by atoms with E-state index < -0.39 is 23.2 Å². The summed E-state index contributed by atoms with van der Waals surface area (Å²) < 4.78 is 0. The third-order valence-electron chi connectivity index (χ3n) is 6.41. The van der Waals surface area contributed by atoms with Crippen LogP contribution in [0, 0.1) is 5.92 Å². The Labute approximate surface area is 231 Å². The van der Waals surface area contributed by atoms with Gasteiger partial charge in [-0.15, -0.1) is 0 Å². The molecule has 8 heteroatoms. The van der Waals surface area contributed by atoms with Crippen LogP contribution in [0.15, 0.2) is 91.0 Å². The average Bonchev–Trinajstić information content (AvgIpc) is 2.94. The van der Waals surface area contributed by atoms with Crippen LogP contribution in [-0.4, -0.2) is 46.8 Å². The Balaban J connectivity index is 1.95. The van der Waals surface area contributed by atoms with Crippen LogP contribution in [0.2, 0.25) is 0 Å². The first-order valence-electron chi connectivity index (χ1n) is 13.1. The van der Waals surface area contributed by atoms with Crippen molar-refractivity contribution in [2.75, 3.05) is 6.54 Å². The van der Waals surface area contributed by atoms with E-state index in [2.05, 4.69) is 0 Å². The maximum absolute atomic E-state index is 12.4. The minimum Gasteiger partial charge on any atom is -0.324 e. The first-order valence-corrected chi connectivity index (χ1v) is 13.1. The van der Waals surface area contributed by atoms with Crippen molar-refractivity contribution in [3.63, 3.8) is 0 Å². The van der Waals surface area contributed by atoms with Gasteiger partial charge >= 0.3 is 0 Å². The van der Waals surface area contributed by atoms with E-state index in [4.69, 9.17) is 21.1 Å². The van der Waals surface area contributed by atoms with Gasteiger partial charge in [0, 0.05) is 18.4 Å². The number of carbonyl (C=O) groups is 2. The van der Waals surface area contributed by atoms with Gasteiger partial charge in [0.05, 0.1) is 12.1 Å². The molecule has 0 saturated heterocycles. The number of nitrogens with two attached hydrogens (primary N) is 2. The van der Waals surface area contributed by atoms with Gasteiger partial charge in [-0.05, 0) is 43.9 Å². The first-order chi connectivity index (χ1) is 18.6. The molecule has 0 heterocycles. The monoisotopic (exact) mass is 532 g/mol. The van der Waals surface area contributed by atoms with E-state index in [1.165, 1.54) is 5.06 Å². The van der Waals surface area contributed by atoms with Crippen LogP contribution in [0.4, 0.5) is 0 Å². The summed E-state index contributed by atoms with van der Waals surface area (Å²) in [5.74, 6) is -0.395. The van der Waals surface area contributed by atoms with Crippen LogP contribution in [0.25, 0.3) is 0 Å². The number of rotatable bonds is 15. The van der Waals surface area contributed by atoms with Crippen LogP contribution >= 0.6 is 0 Å². The molecular weight excluding hydrogens is 492 g/mol. The summed E-state index contributed by atoms with van der Waals surface area (Å²) in [6.45, 7) is 5.89. The molecule has 0 saturated carbocycles. The largest absolute Gasteiger partial charge is 0.324 e. The van der Waals surface area contributed by atoms with Crippen molar-refractivity contribution in [1.29, 1.82) is 0 Å². The van der Waals surface area contributed by atoms with Crippen molar-refractivity contribution in [3.05, 3.63) is 108 Å². The topological polar surface area (TPSA) is 111 Å². The number of amides is 2. The number of hydrogen-bond acceptors (Lipinski definition) is 6. The molecule has 2 amide bonds. The fourth-order valence-electron chi connectivity index (χ4n) is 4.48. The molecule has 39 heavy (non-hydrogen) atoms. The van der Waals surface area contributed by atoms with E-state index in [0.717, 1.165) is 21.8 Å². The molecule has 2 unspecified atom stereocenters. The van der Waals surface area contributed by atoms with Crippen molar-refractivity contribution in [3.8, 4) is 0 Å². The summed E-state index contributed by atoms with van der Waals surface area (Å²) in [6, 6.07) is 28.2. The highest BCUT2D eigenvalue weighted by Gasteiger charge is 2.45. The van der Waals surface area contributed by atoms with Gasteiger partial charge in [-0.1, -0.05) is 91.0 Å². The predicted molar refractivity (Wildman–Crippen MR) is 151 cm³/mol. The van der Waals surface area contributed by atoms with Crippen LogP contribution in [0.1, 0.15) is 37.5 Å². The Morgan fingerprint density at radius 2 is 1.31 bits per heavy atom. The number of hydrogen-bond donors (Lipinski definition) is 2. The minimum absolute atomic E-state index is 0.155. The van der Waals surface area contributed by atoms with E-state index in [1.807, 2.05) is 112 Å². The summed E-state index contributed by atoms with van der Waals surface area (Å²) in [6.07, 6.45) is 1.96. The third-order valence-corrected chi connectivity index (χ3v) is 6.41. The lowest BCUT2D eigenvalue weighted by molar-refractivity contribution is -0.262. The van der Waals surface area contributed by atoms with Crippen LogP contribution in [0.5, 0.6) is 0 Å². The first kappa shape index (κ1) is 30.0. The smallest absolute Gasteiger partial charge is 0.235 e. The third kappa shape index (κ3) is 9.01. The average molecular weight is 533 g/mol. The van der Waals surface area contributed by atoms with E-state index in [-0.39, 0.29) is 19.6 Å². The van der Waals surface area contributed by atoms with Gasteiger partial charge in [-0.2, -0.15) is 0 Å². The maximum Gasteiger partial charge on any atom is 0.235 e. The molecule has 0 aliphatic carbocycles. The molecule has 0 aliphatic heterocycles. The Morgan fingerprint density at radius 3 is 1.79 bits per heavy atom. The second-order valence-corrected chi connectivity index (χ2v) is 10.7. The molecule has 3 aromatic rings. The van der Waals surface area contributed by atoms with Gasteiger partial charge in [0.1, 0.15) is 12.3 Å². The molecule has 3 atom stereocenters. The van der Waals surface area contributed by atoms with Gasteiger partial charge in [0.25, 0.3) is 0 Å². The Kier molecular flexibility index (Phi) is 10.8. The summed E-state index contributed by atoms with van der Waals surface area (Å²) >= 11 is 0. The maximum atomic E-state index is 12.4. The lowest BCUT2D eigenvalue weighted by Gasteiger charge is -2.47. The zero-order valence-corrected chi connectivity index (χ0v) is 23.0. The fraction of sp³-hybridized carbons (Fsp3) is 0.355. The lowest BCUT2D eigenvalue weighted by Crippen LogP contribution is -2.70. The normalized spacial score (nSPS) is 14.6. The molecule has 0 aromatic heterocycles. The Morgan fingerprint density at radius 1 is 0.795 bits per heavy atom. The van der Waals surface area contributed by atoms with Crippen molar-refractivity contribution < 1.29 is 19.3 Å². The number of carbonyl (C=O) groups excluding carboxylic acids is 2. The molecular formula is C31H40N4O4. The molecule has 0 fully saturated rings. The van der Waals surface area contributed by atoms with E-state index in [0.29, 0.717) is 19.2 Å². The van der Waals surface area contributed by atoms with Crippen molar-refractivity contribution in [2.45, 2.75) is 57.5 Å². The molecule has 3 aromatic carbocycles. The van der Waals surface area contributed by atoms with Crippen LogP contribution < -0.4 is 11.5 Å². The summed E-state index contributed by atoms with van der Waals surface area (Å²) in [5.41, 5.74) is 14.8. The van der Waals surface area contributed by atoms with E-state index in [9.17, 15) is 9.59 Å². The predicted octanol–water partition coefficient (Wildman–Crippen LogP) is 3.85. The van der Waals surface area contributed by atoms with Crippen LogP contribution in [-0.2, 0) is 38.7 Å². The zero-order chi connectivity index (χ0) is 28.3. The van der Waals surface area contributed by atoms with E-state index in [1.54, 1.807) is 0 Å². The van der Waals surface area contributed by atoms with Gasteiger partial charge in [-0.25, -0.2) is 10.1 Å². The fourth-order valence-corrected chi connectivity index (χ4v) is 4.48. The molecule has 0 spiro atoms. The van der Waals surface area contributed by atoms with Crippen molar-refractivity contribution >= 4 is 12.8 Å². The summed E-state index contributed by atoms with van der Waals surface area (Å²) in [5, 5.41) is 2.39. The van der Waals surface area contributed by atoms with Gasteiger partial charge in [0.15, 0.2) is 0 Å². The standard InChI is InChI=1S/C31H40N4O4/c1-30(2,3)39-35(24-37)31(33,20-26-15-9-5-10-16-26)29(32)28(19-25-13-7-4-8-14-25)21-34(23-36)38-22-27-17-11-6-12-18-27/h4-18,23-24,28-29H,19-22,32-33H2,1-3H3/t28-,29?,31?/m1/s1. The molecule has 208 valence electrons. The molecule has 8 nitrogen and oxygen atoms in total. The molecule has 0 radical (unpaired) electrons. The second-order valence-electron chi connectivity index (χ2n) is 10.7. The van der Waals surface area contributed by atoms with Crippen LogP contribution in [0.3, 0.4) is 0 Å². The SMILES string of the molecule is CC(C)(C)ON(C=O)C(N)(Cc1ccccc1)C(N)[C@H](Cc1ccccc1)CN(C=O)OCc1ccccc1. The number of hydroxylamine groups is 4. The van der Waals surface area contributed by atoms with Gasteiger partial charge in [0.2, 0.25) is 12.8 Å². The number of benzene rings is 3. The van der Waals surface area contributed by atoms with Crippen molar-refractivity contribution in [1.82, 2.24) is 10.1 Å². The van der Waals surface area contributed by atoms with E-state index >= 15 is 0 Å². The summed E-state index contributed by atoms with van der Waals surface area (Å²) in [7, 11) is 0. The van der Waals surface area contributed by atoms with Crippen molar-refractivity contribution in [2.24, 2.45) is 17.4 Å². The molecule has 4 N–H and O–H groups in total. The van der Waals surface area contributed by atoms with Gasteiger partial charge in [-0.3, -0.25) is 19.3 Å². The quantitative estimate of drug-likeness (QED) is 0.175. The number of nitrogens with zero attached hydrogens (tertiary/aromatic N) is 2. The highest BCUT2D eigenvalue weighted by molar-refractivity contribution is 5.48. The highest BCUT2D eigenvalue weighted by atomic mass is 16.7. The van der Waals surface area contributed by atoms with Gasteiger partial charge < -0.3 is 11.5 Å². The molecule has 0 aliphatic rings. The minimum atomic E-state index is -1.44. The lowest BCUT2D eigenvalue weighted by atomic mass is 9.81. The Hall–Kier alpha value is -3.56. The zero-order valence-electron chi connectivity index (χ0n) is 23.0.